The number of aromatic carboxylic acids is 1. The lowest BCUT2D eigenvalue weighted by molar-refractivity contribution is -0.149. The van der Waals surface area contributed by atoms with Crippen LogP contribution >= 0.6 is 0 Å². The SMILES string of the molecule is CCn1c(C(=O)O)cc(=O)c2cc(F)c(N3CCN(C(=O)OCc4ccc(NC(=O)C(CCCNC(N)=O)NC(=O)C(CC(F)(F)F)NC(=O)OCc5ccccc5)cc4)CC3)cc21. The highest BCUT2D eigenvalue weighted by Crippen LogP contribution is 2.27. The lowest BCUT2D eigenvalue weighted by atomic mass is 10.1. The van der Waals surface area contributed by atoms with Crippen LogP contribution in [0.3, 0.4) is 0 Å². The van der Waals surface area contributed by atoms with Gasteiger partial charge in [-0.05, 0) is 55.2 Å². The Morgan fingerprint density at radius 3 is 2.12 bits per heavy atom. The van der Waals surface area contributed by atoms with Crippen molar-refractivity contribution in [2.75, 3.05) is 42.9 Å². The van der Waals surface area contributed by atoms with E-state index in [-0.39, 0.29) is 93.3 Å². The van der Waals surface area contributed by atoms with Crippen molar-refractivity contribution in [3.05, 3.63) is 106 Å². The predicted octanol–water partition coefficient (Wildman–Crippen LogP) is 4.44. The zero-order valence-corrected chi connectivity index (χ0v) is 34.4. The first kappa shape index (κ1) is 47.7. The van der Waals surface area contributed by atoms with Crippen LogP contribution < -0.4 is 37.3 Å². The number of nitrogens with two attached hydrogens (primary N) is 1. The Morgan fingerprint density at radius 1 is 0.844 bits per heavy atom. The van der Waals surface area contributed by atoms with Gasteiger partial charge in [0.1, 0.15) is 36.8 Å². The summed E-state index contributed by atoms with van der Waals surface area (Å²) in [5.41, 5.74) is 5.91. The molecule has 2 unspecified atom stereocenters. The zero-order chi connectivity index (χ0) is 46.6. The lowest BCUT2D eigenvalue weighted by Gasteiger charge is -2.35. The molecule has 0 saturated carbocycles. The summed E-state index contributed by atoms with van der Waals surface area (Å²) in [7, 11) is 0. The largest absolute Gasteiger partial charge is 0.477 e. The smallest absolute Gasteiger partial charge is 0.410 e. The monoisotopic (exact) mass is 898 g/mol. The van der Waals surface area contributed by atoms with E-state index in [1.165, 1.54) is 39.8 Å². The molecule has 64 heavy (non-hydrogen) atoms. The highest BCUT2D eigenvalue weighted by molar-refractivity contribution is 5.98. The molecule has 0 spiro atoms. The maximum atomic E-state index is 15.3. The third-order valence-electron chi connectivity index (χ3n) is 10.0. The highest BCUT2D eigenvalue weighted by Gasteiger charge is 2.38. The second kappa shape index (κ2) is 21.6. The lowest BCUT2D eigenvalue weighted by Crippen LogP contribution is -2.54. The van der Waals surface area contributed by atoms with Gasteiger partial charge in [0, 0.05) is 56.4 Å². The van der Waals surface area contributed by atoms with E-state index in [1.807, 2.05) is 5.32 Å². The number of aromatic nitrogens is 1. The molecular formula is C42H46F4N8O10. The van der Waals surface area contributed by atoms with Gasteiger partial charge in [-0.2, -0.15) is 13.2 Å². The van der Waals surface area contributed by atoms with Crippen LogP contribution in [0, 0.1) is 5.82 Å². The number of carbonyl (C=O) groups excluding carboxylic acids is 5. The number of alkyl carbamates (subject to hydrolysis) is 1. The first-order valence-corrected chi connectivity index (χ1v) is 20.0. The number of rotatable bonds is 17. The van der Waals surface area contributed by atoms with Crippen LogP contribution in [-0.4, -0.2) is 102 Å². The van der Waals surface area contributed by atoms with Crippen molar-refractivity contribution in [3.8, 4) is 0 Å². The van der Waals surface area contributed by atoms with Crippen LogP contribution in [0.25, 0.3) is 10.9 Å². The van der Waals surface area contributed by atoms with Crippen LogP contribution in [0.5, 0.6) is 0 Å². The molecule has 22 heteroatoms. The fourth-order valence-electron chi connectivity index (χ4n) is 6.83. The number of nitrogens with zero attached hydrogens (tertiary/aromatic N) is 3. The summed E-state index contributed by atoms with van der Waals surface area (Å²) in [5.74, 6) is -4.13. The number of benzene rings is 3. The van der Waals surface area contributed by atoms with Gasteiger partial charge < -0.3 is 55.9 Å². The van der Waals surface area contributed by atoms with Gasteiger partial charge in [-0.15, -0.1) is 0 Å². The molecule has 342 valence electrons. The topological polar surface area (TPSA) is 244 Å². The highest BCUT2D eigenvalue weighted by atomic mass is 19.4. The molecule has 1 fully saturated rings. The number of piperazine rings is 1. The minimum absolute atomic E-state index is 0.0305. The molecule has 0 bridgehead atoms. The standard InChI is InChI=1S/C42H46F4N8O10/c1-2-54-32-20-33(29(43)19-28(32)35(55)21-34(54)38(58)59)52-15-17-53(18-16-52)41(62)64-24-26-10-12-27(13-11-26)49-36(56)30(9-6-14-48-39(47)60)50-37(57)31(22-42(44,45)46)51-40(61)63-23-25-7-4-3-5-8-25/h3-5,7-8,10-13,19-21,30-31H,2,6,9,14-18,22-24H2,1H3,(H,49,56)(H,50,57)(H,51,61)(H,58,59)(H3,47,48,60). The fraction of sp³-hybridized carbons (Fsp3) is 0.357. The van der Waals surface area contributed by atoms with Crippen molar-refractivity contribution in [3.63, 3.8) is 0 Å². The molecule has 1 aliphatic heterocycles. The molecule has 7 N–H and O–H groups in total. The zero-order valence-electron chi connectivity index (χ0n) is 34.4. The average Bonchev–Trinajstić information content (AvgIpc) is 3.25. The van der Waals surface area contributed by atoms with Crippen molar-refractivity contribution in [1.29, 1.82) is 0 Å². The minimum atomic E-state index is -4.90. The van der Waals surface area contributed by atoms with Gasteiger partial charge in [-0.25, -0.2) is 23.6 Å². The predicted molar refractivity (Wildman–Crippen MR) is 223 cm³/mol. The molecule has 2 atom stereocenters. The molecule has 0 aliphatic carbocycles. The number of primary amides is 1. The molecule has 5 rings (SSSR count). The van der Waals surface area contributed by atoms with Crippen LogP contribution in [0.4, 0.5) is 43.3 Å². The Kier molecular flexibility index (Phi) is 16.1. The van der Waals surface area contributed by atoms with E-state index >= 15 is 4.39 Å². The number of alkyl halides is 3. The van der Waals surface area contributed by atoms with Gasteiger partial charge >= 0.3 is 30.4 Å². The number of nitrogens with one attached hydrogen (secondary N) is 4. The summed E-state index contributed by atoms with van der Waals surface area (Å²) < 4.78 is 67.7. The third kappa shape index (κ3) is 13.3. The number of urea groups is 1. The molecule has 18 nitrogen and oxygen atoms in total. The molecule has 1 saturated heterocycles. The number of anilines is 2. The Labute approximate surface area is 362 Å². The maximum Gasteiger partial charge on any atom is 0.410 e. The van der Waals surface area contributed by atoms with Crippen molar-refractivity contribution in [2.45, 2.75) is 64.2 Å². The van der Waals surface area contributed by atoms with E-state index < -0.39 is 71.9 Å². The van der Waals surface area contributed by atoms with Gasteiger partial charge in [0.2, 0.25) is 11.8 Å². The summed E-state index contributed by atoms with van der Waals surface area (Å²) in [6.45, 7) is 2.12. The van der Waals surface area contributed by atoms with Crippen LogP contribution in [0.2, 0.25) is 0 Å². The number of hydrogen-bond donors (Lipinski definition) is 6. The summed E-state index contributed by atoms with van der Waals surface area (Å²) in [6.07, 6.45) is -8.72. The molecule has 1 aromatic heterocycles. The quantitative estimate of drug-likeness (QED) is 0.0640. The van der Waals surface area contributed by atoms with Gasteiger partial charge in [-0.1, -0.05) is 42.5 Å². The Morgan fingerprint density at radius 2 is 1.50 bits per heavy atom. The number of ether oxygens (including phenoxy) is 2. The van der Waals surface area contributed by atoms with Gasteiger partial charge in [0.05, 0.1) is 17.6 Å². The number of carboxylic acid groups (broad SMARTS) is 1. The molecule has 2 heterocycles. The van der Waals surface area contributed by atoms with Gasteiger partial charge in [0.15, 0.2) is 5.43 Å². The van der Waals surface area contributed by atoms with E-state index in [0.29, 0.717) is 11.1 Å². The number of fused-ring (bicyclic) bond motifs is 1. The molecule has 4 aromatic rings. The number of amides is 6. The van der Waals surface area contributed by atoms with E-state index in [0.717, 1.165) is 12.1 Å². The number of carbonyl (C=O) groups is 6. The van der Waals surface area contributed by atoms with Crippen LogP contribution in [0.1, 0.15) is 47.8 Å². The number of halogens is 4. The number of hydrogen-bond acceptors (Lipinski definition) is 10. The summed E-state index contributed by atoms with van der Waals surface area (Å²) >= 11 is 0. The molecule has 3 aromatic carbocycles. The van der Waals surface area contributed by atoms with E-state index in [1.54, 1.807) is 42.2 Å². The van der Waals surface area contributed by atoms with E-state index in [4.69, 9.17) is 15.2 Å². The van der Waals surface area contributed by atoms with Gasteiger partial charge in [0.25, 0.3) is 0 Å². The Hall–Kier alpha value is -7.39. The number of pyridine rings is 1. The third-order valence-corrected chi connectivity index (χ3v) is 10.0. The first-order valence-electron chi connectivity index (χ1n) is 20.0. The number of carboxylic acids is 1. The van der Waals surface area contributed by atoms with Gasteiger partial charge in [-0.3, -0.25) is 14.4 Å². The second-order valence-corrected chi connectivity index (χ2v) is 14.6. The first-order chi connectivity index (χ1) is 30.4. The molecule has 0 radical (unpaired) electrons. The molecule has 1 aliphatic rings. The second-order valence-electron chi connectivity index (χ2n) is 14.6. The average molecular weight is 899 g/mol. The number of aryl methyl sites for hydroxylation is 1. The Bertz CT molecular complexity index is 2390. The van der Waals surface area contributed by atoms with Crippen molar-refractivity contribution in [1.82, 2.24) is 25.4 Å². The van der Waals surface area contributed by atoms with Crippen molar-refractivity contribution in [2.24, 2.45) is 5.73 Å². The van der Waals surface area contributed by atoms with E-state index in [9.17, 15) is 51.8 Å². The van der Waals surface area contributed by atoms with Crippen LogP contribution in [0.15, 0.2) is 77.6 Å². The summed E-state index contributed by atoms with van der Waals surface area (Å²) in [5, 5.41) is 18.7. The fourth-order valence-corrected chi connectivity index (χ4v) is 6.83. The Balaban J connectivity index is 1.16. The van der Waals surface area contributed by atoms with Crippen LogP contribution in [-0.2, 0) is 38.8 Å². The summed E-state index contributed by atoms with van der Waals surface area (Å²) in [4.78, 5) is 90.6. The van der Waals surface area contributed by atoms with Crippen molar-refractivity contribution < 1.29 is 60.9 Å². The molecular weight excluding hydrogens is 852 g/mol. The van der Waals surface area contributed by atoms with Crippen molar-refractivity contribution >= 4 is 58.3 Å². The van der Waals surface area contributed by atoms with E-state index in [2.05, 4.69) is 16.0 Å². The normalized spacial score (nSPS) is 13.6. The molecule has 6 amide bonds. The maximum absolute atomic E-state index is 15.3. The minimum Gasteiger partial charge on any atom is -0.477 e. The summed E-state index contributed by atoms with van der Waals surface area (Å²) in [6, 6.07) is 13.3.